The van der Waals surface area contributed by atoms with Crippen LogP contribution in [-0.2, 0) is 6.42 Å². The number of nitrogens with two attached hydrogens (primary N) is 1. The zero-order chi connectivity index (χ0) is 13.1. The van der Waals surface area contributed by atoms with Crippen molar-refractivity contribution in [3.05, 3.63) is 51.9 Å². The Balaban J connectivity index is 2.23. The molecular formula is C14H16BrNO2. The van der Waals surface area contributed by atoms with Crippen LogP contribution in [0.15, 0.2) is 39.4 Å². The van der Waals surface area contributed by atoms with Crippen LogP contribution in [0.1, 0.15) is 22.9 Å². The summed E-state index contributed by atoms with van der Waals surface area (Å²) in [5.74, 6) is 1.73. The summed E-state index contributed by atoms with van der Waals surface area (Å²) in [6, 6.07) is 7.76. The molecule has 1 aromatic carbocycles. The van der Waals surface area contributed by atoms with Crippen LogP contribution >= 0.6 is 15.9 Å². The molecule has 2 N–H and O–H groups in total. The normalized spacial score (nSPS) is 12.4. The molecule has 1 heterocycles. The molecule has 2 rings (SSSR count). The van der Waals surface area contributed by atoms with Crippen molar-refractivity contribution in [2.75, 3.05) is 7.11 Å². The fourth-order valence-electron chi connectivity index (χ4n) is 2.03. The van der Waals surface area contributed by atoms with Gasteiger partial charge in [0.1, 0.15) is 11.5 Å². The smallest absolute Gasteiger partial charge is 0.122 e. The van der Waals surface area contributed by atoms with Crippen molar-refractivity contribution in [1.82, 2.24) is 0 Å². The van der Waals surface area contributed by atoms with Gasteiger partial charge in [-0.25, -0.2) is 0 Å². The Bertz CT molecular complexity index is 536. The van der Waals surface area contributed by atoms with Gasteiger partial charge in [-0.3, -0.25) is 0 Å². The molecule has 0 bridgehead atoms. The van der Waals surface area contributed by atoms with Gasteiger partial charge in [-0.15, -0.1) is 0 Å². The Hall–Kier alpha value is -1.26. The van der Waals surface area contributed by atoms with Crippen LogP contribution < -0.4 is 10.5 Å². The van der Waals surface area contributed by atoms with Crippen molar-refractivity contribution < 1.29 is 9.15 Å². The van der Waals surface area contributed by atoms with Gasteiger partial charge in [-0.05, 0) is 43.2 Å². The first kappa shape index (κ1) is 13.2. The highest BCUT2D eigenvalue weighted by molar-refractivity contribution is 9.10. The van der Waals surface area contributed by atoms with E-state index in [0.717, 1.165) is 27.1 Å². The van der Waals surface area contributed by atoms with Crippen LogP contribution in [0.5, 0.6) is 5.75 Å². The lowest BCUT2D eigenvalue weighted by molar-refractivity contribution is 0.408. The standard InChI is InChI=1S/C14H16BrNO2/c1-9-12(5-6-18-9)13(16)8-10-7-11(15)3-4-14(10)17-2/h3-7,13H,8,16H2,1-2H3. The number of furan rings is 1. The van der Waals surface area contributed by atoms with Gasteiger partial charge in [-0.1, -0.05) is 15.9 Å². The minimum atomic E-state index is -0.0908. The van der Waals surface area contributed by atoms with Crippen LogP contribution in [-0.4, -0.2) is 7.11 Å². The zero-order valence-electron chi connectivity index (χ0n) is 10.4. The van der Waals surface area contributed by atoms with E-state index in [1.54, 1.807) is 13.4 Å². The Kier molecular flexibility index (Phi) is 4.09. The van der Waals surface area contributed by atoms with Crippen molar-refractivity contribution in [3.8, 4) is 5.75 Å². The number of halogens is 1. The second-order valence-corrected chi connectivity index (χ2v) is 5.11. The maximum atomic E-state index is 6.22. The number of hydrogen-bond acceptors (Lipinski definition) is 3. The SMILES string of the molecule is COc1ccc(Br)cc1CC(N)c1ccoc1C. The zero-order valence-corrected chi connectivity index (χ0v) is 12.0. The summed E-state index contributed by atoms with van der Waals surface area (Å²) in [5, 5.41) is 0. The van der Waals surface area contributed by atoms with E-state index in [-0.39, 0.29) is 6.04 Å². The molecule has 1 unspecified atom stereocenters. The van der Waals surface area contributed by atoms with Gasteiger partial charge in [0.05, 0.1) is 13.4 Å². The van der Waals surface area contributed by atoms with Crippen molar-refractivity contribution in [2.24, 2.45) is 5.73 Å². The van der Waals surface area contributed by atoms with Crippen LogP contribution in [0.3, 0.4) is 0 Å². The molecule has 0 aliphatic rings. The van der Waals surface area contributed by atoms with E-state index in [1.165, 1.54) is 0 Å². The number of benzene rings is 1. The topological polar surface area (TPSA) is 48.4 Å². The summed E-state index contributed by atoms with van der Waals surface area (Å²) in [4.78, 5) is 0. The van der Waals surface area contributed by atoms with Gasteiger partial charge in [0.15, 0.2) is 0 Å². The molecule has 1 atom stereocenters. The lowest BCUT2D eigenvalue weighted by atomic mass is 9.99. The summed E-state index contributed by atoms with van der Waals surface area (Å²) < 4.78 is 11.7. The first-order valence-electron chi connectivity index (χ1n) is 5.74. The van der Waals surface area contributed by atoms with Crippen molar-refractivity contribution in [2.45, 2.75) is 19.4 Å². The van der Waals surface area contributed by atoms with Gasteiger partial charge in [-0.2, -0.15) is 0 Å². The van der Waals surface area contributed by atoms with Crippen LogP contribution in [0.4, 0.5) is 0 Å². The second-order valence-electron chi connectivity index (χ2n) is 4.20. The van der Waals surface area contributed by atoms with E-state index in [9.17, 15) is 0 Å². The molecule has 0 saturated carbocycles. The molecule has 0 amide bonds. The van der Waals surface area contributed by atoms with E-state index >= 15 is 0 Å². The Morgan fingerprint density at radius 2 is 2.17 bits per heavy atom. The predicted octanol–water partition coefficient (Wildman–Crippen LogP) is 3.60. The second kappa shape index (κ2) is 5.59. The van der Waals surface area contributed by atoms with Crippen LogP contribution in [0.25, 0.3) is 0 Å². The molecule has 0 fully saturated rings. The summed E-state index contributed by atoms with van der Waals surface area (Å²) in [6.07, 6.45) is 2.38. The largest absolute Gasteiger partial charge is 0.496 e. The summed E-state index contributed by atoms with van der Waals surface area (Å²) >= 11 is 3.46. The average molecular weight is 310 g/mol. The molecule has 0 aliphatic heterocycles. The molecule has 0 saturated heterocycles. The molecule has 2 aromatic rings. The van der Waals surface area contributed by atoms with E-state index in [0.29, 0.717) is 6.42 Å². The minimum absolute atomic E-state index is 0.0908. The Morgan fingerprint density at radius 3 is 2.78 bits per heavy atom. The number of methoxy groups -OCH3 is 1. The van der Waals surface area contributed by atoms with Gasteiger partial charge >= 0.3 is 0 Å². The highest BCUT2D eigenvalue weighted by Crippen LogP contribution is 2.28. The van der Waals surface area contributed by atoms with E-state index in [1.807, 2.05) is 31.2 Å². The summed E-state index contributed by atoms with van der Waals surface area (Å²) in [6.45, 7) is 1.92. The fraction of sp³-hybridized carbons (Fsp3) is 0.286. The third kappa shape index (κ3) is 2.76. The predicted molar refractivity (Wildman–Crippen MR) is 74.8 cm³/mol. The van der Waals surface area contributed by atoms with E-state index in [2.05, 4.69) is 15.9 Å². The third-order valence-electron chi connectivity index (χ3n) is 2.98. The molecular weight excluding hydrogens is 294 g/mol. The van der Waals surface area contributed by atoms with E-state index in [4.69, 9.17) is 14.9 Å². The molecule has 0 aliphatic carbocycles. The Morgan fingerprint density at radius 1 is 1.39 bits per heavy atom. The molecule has 18 heavy (non-hydrogen) atoms. The molecule has 0 spiro atoms. The quantitative estimate of drug-likeness (QED) is 0.938. The minimum Gasteiger partial charge on any atom is -0.496 e. The molecule has 1 aromatic heterocycles. The van der Waals surface area contributed by atoms with E-state index < -0.39 is 0 Å². The third-order valence-corrected chi connectivity index (χ3v) is 3.47. The van der Waals surface area contributed by atoms with Crippen molar-refractivity contribution in [3.63, 3.8) is 0 Å². The summed E-state index contributed by atoms with van der Waals surface area (Å²) in [7, 11) is 1.67. The van der Waals surface area contributed by atoms with Gasteiger partial charge in [0, 0.05) is 16.1 Å². The monoisotopic (exact) mass is 309 g/mol. The first-order chi connectivity index (χ1) is 8.61. The van der Waals surface area contributed by atoms with Crippen molar-refractivity contribution >= 4 is 15.9 Å². The van der Waals surface area contributed by atoms with Crippen LogP contribution in [0.2, 0.25) is 0 Å². The average Bonchev–Trinajstić information content (AvgIpc) is 2.76. The lowest BCUT2D eigenvalue weighted by Crippen LogP contribution is -2.14. The van der Waals surface area contributed by atoms with Gasteiger partial charge in [0.2, 0.25) is 0 Å². The number of ether oxygens (including phenoxy) is 1. The molecule has 96 valence electrons. The lowest BCUT2D eigenvalue weighted by Gasteiger charge is -2.14. The number of rotatable bonds is 4. The molecule has 0 radical (unpaired) electrons. The van der Waals surface area contributed by atoms with Gasteiger partial charge in [0.25, 0.3) is 0 Å². The highest BCUT2D eigenvalue weighted by Gasteiger charge is 2.14. The maximum absolute atomic E-state index is 6.22. The first-order valence-corrected chi connectivity index (χ1v) is 6.53. The fourth-order valence-corrected chi connectivity index (χ4v) is 2.44. The number of hydrogen-bond donors (Lipinski definition) is 1. The van der Waals surface area contributed by atoms with Gasteiger partial charge < -0.3 is 14.9 Å². The molecule has 4 heteroatoms. The summed E-state index contributed by atoms with van der Waals surface area (Å²) in [5.41, 5.74) is 8.34. The molecule has 3 nitrogen and oxygen atoms in total. The maximum Gasteiger partial charge on any atom is 0.122 e. The van der Waals surface area contributed by atoms with Crippen molar-refractivity contribution in [1.29, 1.82) is 0 Å². The van der Waals surface area contributed by atoms with Crippen LogP contribution in [0, 0.1) is 6.92 Å². The Labute approximate surface area is 115 Å². The number of aryl methyl sites for hydroxylation is 1. The highest BCUT2D eigenvalue weighted by atomic mass is 79.9.